The molecule has 0 bridgehead atoms. The molecule has 0 radical (unpaired) electrons. The molecule has 3 rings (SSSR count). The summed E-state index contributed by atoms with van der Waals surface area (Å²) >= 11 is 0. The molecule has 1 unspecified atom stereocenters. The van der Waals surface area contributed by atoms with E-state index in [0.29, 0.717) is 19.6 Å². The third kappa shape index (κ3) is 2.53. The number of anilines is 1. The van der Waals surface area contributed by atoms with Crippen molar-refractivity contribution in [3.63, 3.8) is 0 Å². The summed E-state index contributed by atoms with van der Waals surface area (Å²) in [5.74, 6) is 0.0129. The lowest BCUT2D eigenvalue weighted by atomic mass is 9.93. The molecule has 0 saturated carbocycles. The molecule has 1 atom stereocenters. The molecular weight excluding hydrogens is 306 g/mol. The van der Waals surface area contributed by atoms with E-state index in [-0.39, 0.29) is 18.0 Å². The molecular formula is C13H21N5O3S. The van der Waals surface area contributed by atoms with Gasteiger partial charge in [0.05, 0.1) is 30.2 Å². The Labute approximate surface area is 130 Å². The zero-order valence-corrected chi connectivity index (χ0v) is 13.9. The van der Waals surface area contributed by atoms with E-state index in [1.54, 1.807) is 29.0 Å². The first-order chi connectivity index (χ1) is 10.2. The lowest BCUT2D eigenvalue weighted by molar-refractivity contribution is -0.123. The molecule has 0 aliphatic carbocycles. The van der Waals surface area contributed by atoms with Gasteiger partial charge in [0, 0.05) is 32.9 Å². The molecule has 2 aliphatic rings. The normalized spacial score (nSPS) is 28.0. The van der Waals surface area contributed by atoms with Crippen LogP contribution in [-0.4, -0.2) is 78.3 Å². The number of rotatable bonds is 2. The molecule has 1 aromatic heterocycles. The van der Waals surface area contributed by atoms with Crippen LogP contribution in [0, 0.1) is 0 Å². The monoisotopic (exact) mass is 327 g/mol. The Morgan fingerprint density at radius 3 is 2.55 bits per heavy atom. The lowest BCUT2D eigenvalue weighted by Gasteiger charge is -2.46. The highest BCUT2D eigenvalue weighted by atomic mass is 32.2. The summed E-state index contributed by atoms with van der Waals surface area (Å²) in [7, 11) is 0.493. The highest BCUT2D eigenvalue weighted by molar-refractivity contribution is 7.88. The summed E-state index contributed by atoms with van der Waals surface area (Å²) in [6.07, 6.45) is 5.43. The second kappa shape index (κ2) is 5.04. The number of hydrogen-bond acceptors (Lipinski definition) is 5. The van der Waals surface area contributed by atoms with Gasteiger partial charge in [0.2, 0.25) is 15.9 Å². The molecule has 1 spiro atoms. The van der Waals surface area contributed by atoms with E-state index >= 15 is 0 Å². The van der Waals surface area contributed by atoms with Crippen molar-refractivity contribution in [1.29, 1.82) is 0 Å². The van der Waals surface area contributed by atoms with Crippen molar-refractivity contribution in [2.75, 3.05) is 44.4 Å². The van der Waals surface area contributed by atoms with Gasteiger partial charge >= 0.3 is 0 Å². The van der Waals surface area contributed by atoms with Crippen molar-refractivity contribution >= 4 is 21.6 Å². The van der Waals surface area contributed by atoms with E-state index in [1.165, 1.54) is 10.6 Å². The summed E-state index contributed by atoms with van der Waals surface area (Å²) in [5.41, 5.74) is 0.435. The Morgan fingerprint density at radius 2 is 2.00 bits per heavy atom. The van der Waals surface area contributed by atoms with Crippen LogP contribution in [-0.2, 0) is 21.9 Å². The first kappa shape index (κ1) is 15.4. The molecule has 8 nitrogen and oxygen atoms in total. The quantitative estimate of drug-likeness (QED) is 0.704. The molecule has 122 valence electrons. The van der Waals surface area contributed by atoms with E-state index < -0.39 is 10.0 Å². The van der Waals surface area contributed by atoms with Gasteiger partial charge in [-0.1, -0.05) is 0 Å². The zero-order chi connectivity index (χ0) is 16.1. The highest BCUT2D eigenvalue weighted by Gasteiger charge is 2.49. The maximum Gasteiger partial charge on any atom is 0.241 e. The number of nitrogens with zero attached hydrogens (tertiary/aromatic N) is 5. The minimum Gasteiger partial charge on any atom is -0.306 e. The number of sulfonamides is 1. The number of aromatic nitrogens is 2. The minimum absolute atomic E-state index is 0.0129. The van der Waals surface area contributed by atoms with E-state index in [0.717, 1.165) is 12.1 Å². The van der Waals surface area contributed by atoms with Crippen LogP contribution in [0.2, 0.25) is 0 Å². The SMILES string of the molecule is CN1CC(=O)N(c2cnn(C)c2)CC12CCN(S(C)(=O)=O)C2. The van der Waals surface area contributed by atoms with Crippen LogP contribution in [0.1, 0.15) is 6.42 Å². The Bertz CT molecular complexity index is 700. The third-order valence-corrected chi connectivity index (χ3v) is 5.95. The van der Waals surface area contributed by atoms with Crippen molar-refractivity contribution in [2.45, 2.75) is 12.0 Å². The summed E-state index contributed by atoms with van der Waals surface area (Å²) < 4.78 is 26.8. The van der Waals surface area contributed by atoms with Crippen LogP contribution < -0.4 is 4.90 Å². The molecule has 2 saturated heterocycles. The average Bonchev–Trinajstić information content (AvgIpc) is 3.01. The fourth-order valence-electron chi connectivity index (χ4n) is 3.29. The van der Waals surface area contributed by atoms with Crippen molar-refractivity contribution in [2.24, 2.45) is 7.05 Å². The predicted molar refractivity (Wildman–Crippen MR) is 82.0 cm³/mol. The van der Waals surface area contributed by atoms with Gasteiger partial charge in [0.1, 0.15) is 0 Å². The zero-order valence-electron chi connectivity index (χ0n) is 13.1. The Kier molecular flexibility index (Phi) is 3.54. The van der Waals surface area contributed by atoms with E-state index in [1.807, 2.05) is 11.9 Å². The Morgan fingerprint density at radius 1 is 1.27 bits per heavy atom. The number of carbonyl (C=O) groups excluding carboxylic acids is 1. The third-order valence-electron chi connectivity index (χ3n) is 4.70. The average molecular weight is 327 g/mol. The van der Waals surface area contributed by atoms with Crippen LogP contribution in [0.15, 0.2) is 12.4 Å². The highest BCUT2D eigenvalue weighted by Crippen LogP contribution is 2.34. The van der Waals surface area contributed by atoms with Crippen LogP contribution in [0.4, 0.5) is 5.69 Å². The fourth-order valence-corrected chi connectivity index (χ4v) is 4.18. The number of hydrogen-bond donors (Lipinski definition) is 0. The van der Waals surface area contributed by atoms with Gasteiger partial charge in [0.25, 0.3) is 0 Å². The summed E-state index contributed by atoms with van der Waals surface area (Å²) in [5, 5.41) is 4.12. The molecule has 9 heteroatoms. The molecule has 3 heterocycles. The lowest BCUT2D eigenvalue weighted by Crippen LogP contribution is -2.64. The summed E-state index contributed by atoms with van der Waals surface area (Å²) in [6.45, 7) is 1.69. The van der Waals surface area contributed by atoms with Crippen molar-refractivity contribution in [3.05, 3.63) is 12.4 Å². The second-order valence-corrected chi connectivity index (χ2v) is 8.26. The topological polar surface area (TPSA) is 78.8 Å². The molecule has 22 heavy (non-hydrogen) atoms. The number of carbonyl (C=O) groups is 1. The standard InChI is InChI=1S/C13H21N5O3S/c1-15-8-12(19)18(11-6-14-16(2)7-11)10-13(15)4-5-17(9-13)22(3,20)21/h6-7H,4-5,8-10H2,1-3H3. The van der Waals surface area contributed by atoms with Crippen molar-refractivity contribution < 1.29 is 13.2 Å². The smallest absolute Gasteiger partial charge is 0.241 e. The number of aryl methyl sites for hydroxylation is 1. The van der Waals surface area contributed by atoms with E-state index in [9.17, 15) is 13.2 Å². The molecule has 0 N–H and O–H groups in total. The Balaban J connectivity index is 1.88. The van der Waals surface area contributed by atoms with Gasteiger partial charge in [-0.05, 0) is 13.5 Å². The van der Waals surface area contributed by atoms with E-state index in [4.69, 9.17) is 0 Å². The molecule has 0 aromatic carbocycles. The van der Waals surface area contributed by atoms with Gasteiger partial charge in [-0.3, -0.25) is 14.4 Å². The van der Waals surface area contributed by atoms with Gasteiger partial charge in [-0.15, -0.1) is 0 Å². The molecule has 2 aliphatic heterocycles. The second-order valence-electron chi connectivity index (χ2n) is 6.28. The fraction of sp³-hybridized carbons (Fsp3) is 0.692. The van der Waals surface area contributed by atoms with Gasteiger partial charge in [0.15, 0.2) is 0 Å². The van der Waals surface area contributed by atoms with Gasteiger partial charge in [-0.2, -0.15) is 5.10 Å². The van der Waals surface area contributed by atoms with Crippen LogP contribution in [0.5, 0.6) is 0 Å². The van der Waals surface area contributed by atoms with Gasteiger partial charge in [-0.25, -0.2) is 12.7 Å². The largest absolute Gasteiger partial charge is 0.306 e. The maximum atomic E-state index is 12.3. The first-order valence-electron chi connectivity index (χ1n) is 7.17. The number of piperazine rings is 1. The molecule has 2 fully saturated rings. The minimum atomic E-state index is -3.21. The first-order valence-corrected chi connectivity index (χ1v) is 9.01. The van der Waals surface area contributed by atoms with Crippen molar-refractivity contribution in [1.82, 2.24) is 19.0 Å². The van der Waals surface area contributed by atoms with Crippen molar-refractivity contribution in [3.8, 4) is 0 Å². The van der Waals surface area contributed by atoms with Crippen LogP contribution in [0.25, 0.3) is 0 Å². The Hall–Kier alpha value is -1.45. The predicted octanol–water partition coefficient (Wildman–Crippen LogP) is -0.897. The summed E-state index contributed by atoms with van der Waals surface area (Å²) in [4.78, 5) is 16.1. The van der Waals surface area contributed by atoms with E-state index in [2.05, 4.69) is 5.10 Å². The molecule has 1 amide bonds. The van der Waals surface area contributed by atoms with Gasteiger partial charge < -0.3 is 4.90 Å². The van der Waals surface area contributed by atoms with Crippen LogP contribution >= 0.6 is 0 Å². The maximum absolute atomic E-state index is 12.3. The molecule has 1 aromatic rings. The number of likely N-dealkylation sites (N-methyl/N-ethyl adjacent to an activating group) is 1. The number of amides is 1. The van der Waals surface area contributed by atoms with Crippen LogP contribution in [0.3, 0.4) is 0 Å². The summed E-state index contributed by atoms with van der Waals surface area (Å²) in [6, 6.07) is 0.